The first kappa shape index (κ1) is 22.2. The van der Waals surface area contributed by atoms with Crippen molar-refractivity contribution in [3.63, 3.8) is 0 Å². The lowest BCUT2D eigenvalue weighted by molar-refractivity contribution is -0.121. The number of hydrogen-bond acceptors (Lipinski definition) is 5. The Bertz CT molecular complexity index is 1050. The predicted octanol–water partition coefficient (Wildman–Crippen LogP) is 4.91. The van der Waals surface area contributed by atoms with Gasteiger partial charge in [-0.1, -0.05) is 35.5 Å². The van der Waals surface area contributed by atoms with Gasteiger partial charge in [-0.2, -0.15) is 5.26 Å². The van der Waals surface area contributed by atoms with Crippen molar-refractivity contribution in [3.05, 3.63) is 69.5 Å². The molecular formula is C21H17ClFN3O2S2. The molecule has 2 amide bonds. The van der Waals surface area contributed by atoms with E-state index in [9.17, 15) is 19.2 Å². The molecule has 0 radical (unpaired) electrons. The number of carbonyl (C=O) groups excluding carboxylic acids is 2. The van der Waals surface area contributed by atoms with E-state index < -0.39 is 5.82 Å². The SMILES string of the molecule is CSc1ccc([C@@H]2CC(=O)NC(SCC(=O)Nc3ccc(F)c(Cl)c3)=C2C#N)cc1. The number of nitrogens with zero attached hydrogens (tertiary/aromatic N) is 1. The van der Waals surface area contributed by atoms with Gasteiger partial charge in [0, 0.05) is 22.9 Å². The number of nitrogens with one attached hydrogen (secondary N) is 2. The minimum absolute atomic E-state index is 0.0338. The van der Waals surface area contributed by atoms with Gasteiger partial charge in [-0.25, -0.2) is 4.39 Å². The molecule has 9 heteroatoms. The quantitative estimate of drug-likeness (QED) is 0.597. The number of anilines is 1. The van der Waals surface area contributed by atoms with Crippen molar-refractivity contribution in [2.75, 3.05) is 17.3 Å². The van der Waals surface area contributed by atoms with E-state index in [4.69, 9.17) is 11.6 Å². The van der Waals surface area contributed by atoms with Gasteiger partial charge in [0.2, 0.25) is 11.8 Å². The molecular weight excluding hydrogens is 445 g/mol. The van der Waals surface area contributed by atoms with Crippen molar-refractivity contribution in [2.45, 2.75) is 17.2 Å². The van der Waals surface area contributed by atoms with Crippen LogP contribution in [0.15, 0.2) is 58.0 Å². The highest BCUT2D eigenvalue weighted by Crippen LogP contribution is 2.36. The number of nitriles is 1. The highest BCUT2D eigenvalue weighted by Gasteiger charge is 2.29. The molecule has 30 heavy (non-hydrogen) atoms. The maximum Gasteiger partial charge on any atom is 0.234 e. The number of amides is 2. The zero-order chi connectivity index (χ0) is 21.7. The van der Waals surface area contributed by atoms with Gasteiger partial charge in [0.05, 0.1) is 27.4 Å². The number of allylic oxidation sites excluding steroid dienone is 1. The summed E-state index contributed by atoms with van der Waals surface area (Å²) in [6.07, 6.45) is 2.15. The molecule has 1 atom stereocenters. The number of halogens is 2. The van der Waals surface area contributed by atoms with Crippen LogP contribution in [0.4, 0.5) is 10.1 Å². The molecule has 1 aliphatic rings. The lowest BCUT2D eigenvalue weighted by Gasteiger charge is -2.25. The predicted molar refractivity (Wildman–Crippen MR) is 119 cm³/mol. The average Bonchev–Trinajstić information content (AvgIpc) is 2.74. The first-order valence-corrected chi connectivity index (χ1v) is 11.5. The Morgan fingerprint density at radius 2 is 2.07 bits per heavy atom. The van der Waals surface area contributed by atoms with E-state index in [-0.39, 0.29) is 34.9 Å². The zero-order valence-electron chi connectivity index (χ0n) is 15.9. The normalized spacial score (nSPS) is 16.1. The fraction of sp³-hybridized carbons (Fsp3) is 0.190. The van der Waals surface area contributed by atoms with E-state index in [2.05, 4.69) is 16.7 Å². The van der Waals surface area contributed by atoms with Crippen LogP contribution in [0.5, 0.6) is 0 Å². The van der Waals surface area contributed by atoms with Gasteiger partial charge in [0.15, 0.2) is 0 Å². The molecule has 3 rings (SSSR count). The van der Waals surface area contributed by atoms with Gasteiger partial charge >= 0.3 is 0 Å². The number of rotatable bonds is 6. The van der Waals surface area contributed by atoms with Crippen LogP contribution in [-0.2, 0) is 9.59 Å². The third-order valence-electron chi connectivity index (χ3n) is 4.43. The number of benzene rings is 2. The second kappa shape index (κ2) is 10.0. The Balaban J connectivity index is 1.74. The average molecular weight is 462 g/mol. The smallest absolute Gasteiger partial charge is 0.234 e. The molecule has 0 spiro atoms. The highest BCUT2D eigenvalue weighted by molar-refractivity contribution is 8.03. The molecule has 1 aliphatic heterocycles. The van der Waals surface area contributed by atoms with Gasteiger partial charge in [-0.05, 0) is 42.2 Å². The van der Waals surface area contributed by atoms with E-state index in [1.165, 1.54) is 12.1 Å². The number of thioether (sulfide) groups is 2. The van der Waals surface area contributed by atoms with Crippen LogP contribution in [0.1, 0.15) is 17.9 Å². The molecule has 1 heterocycles. The maximum absolute atomic E-state index is 13.2. The van der Waals surface area contributed by atoms with E-state index in [1.54, 1.807) is 11.8 Å². The lowest BCUT2D eigenvalue weighted by atomic mass is 9.87. The molecule has 0 fully saturated rings. The molecule has 2 aromatic rings. The first-order chi connectivity index (χ1) is 14.4. The molecule has 0 saturated carbocycles. The summed E-state index contributed by atoms with van der Waals surface area (Å²) in [4.78, 5) is 25.6. The molecule has 0 bridgehead atoms. The molecule has 0 saturated heterocycles. The summed E-state index contributed by atoms with van der Waals surface area (Å²) in [5, 5.41) is 15.3. The molecule has 0 aliphatic carbocycles. The summed E-state index contributed by atoms with van der Waals surface area (Å²) in [5.41, 5.74) is 1.66. The van der Waals surface area contributed by atoms with Crippen LogP contribution >= 0.6 is 35.1 Å². The minimum atomic E-state index is -0.575. The highest BCUT2D eigenvalue weighted by atomic mass is 35.5. The minimum Gasteiger partial charge on any atom is -0.325 e. The zero-order valence-corrected chi connectivity index (χ0v) is 18.3. The van der Waals surface area contributed by atoms with Gasteiger partial charge < -0.3 is 10.6 Å². The fourth-order valence-corrected chi connectivity index (χ4v) is 4.43. The van der Waals surface area contributed by atoms with Crippen molar-refractivity contribution >= 4 is 52.6 Å². The summed E-state index contributed by atoms with van der Waals surface area (Å²) in [7, 11) is 0. The molecule has 2 aromatic carbocycles. The number of hydrogen-bond donors (Lipinski definition) is 2. The summed E-state index contributed by atoms with van der Waals surface area (Å²) in [5.74, 6) is -1.54. The third-order valence-corrected chi connectivity index (χ3v) is 6.48. The van der Waals surface area contributed by atoms with Gasteiger partial charge in [-0.15, -0.1) is 11.8 Å². The second-order valence-electron chi connectivity index (χ2n) is 6.40. The van der Waals surface area contributed by atoms with Gasteiger partial charge in [-0.3, -0.25) is 9.59 Å². The summed E-state index contributed by atoms with van der Waals surface area (Å²) >= 11 is 8.41. The van der Waals surface area contributed by atoms with Crippen LogP contribution in [0.3, 0.4) is 0 Å². The van der Waals surface area contributed by atoms with Gasteiger partial charge in [0.1, 0.15) is 5.82 Å². The van der Waals surface area contributed by atoms with Crippen molar-refractivity contribution in [3.8, 4) is 6.07 Å². The van der Waals surface area contributed by atoms with Crippen molar-refractivity contribution < 1.29 is 14.0 Å². The number of carbonyl (C=O) groups is 2. The van der Waals surface area contributed by atoms with E-state index in [0.717, 1.165) is 28.3 Å². The summed E-state index contributed by atoms with van der Waals surface area (Å²) < 4.78 is 13.2. The summed E-state index contributed by atoms with van der Waals surface area (Å²) in [6, 6.07) is 13.8. The Morgan fingerprint density at radius 3 is 2.70 bits per heavy atom. The topological polar surface area (TPSA) is 82.0 Å². The van der Waals surface area contributed by atoms with E-state index >= 15 is 0 Å². The molecule has 0 unspecified atom stereocenters. The van der Waals surface area contributed by atoms with E-state index in [0.29, 0.717) is 16.3 Å². The lowest BCUT2D eigenvalue weighted by Crippen LogP contribution is -2.31. The van der Waals surface area contributed by atoms with Gasteiger partial charge in [0.25, 0.3) is 0 Å². The molecule has 0 aromatic heterocycles. The largest absolute Gasteiger partial charge is 0.325 e. The van der Waals surface area contributed by atoms with Crippen LogP contribution < -0.4 is 10.6 Å². The summed E-state index contributed by atoms with van der Waals surface area (Å²) in [6.45, 7) is 0. The fourth-order valence-electron chi connectivity index (χ4n) is 2.96. The van der Waals surface area contributed by atoms with Crippen molar-refractivity contribution in [1.29, 1.82) is 5.26 Å². The Morgan fingerprint density at radius 1 is 1.33 bits per heavy atom. The Kier molecular flexibility index (Phi) is 7.43. The van der Waals surface area contributed by atoms with Crippen molar-refractivity contribution in [2.24, 2.45) is 0 Å². The van der Waals surface area contributed by atoms with Crippen LogP contribution in [0.25, 0.3) is 0 Å². The third kappa shape index (κ3) is 5.36. The van der Waals surface area contributed by atoms with Crippen LogP contribution in [0, 0.1) is 17.1 Å². The van der Waals surface area contributed by atoms with E-state index in [1.807, 2.05) is 30.5 Å². The second-order valence-corrected chi connectivity index (χ2v) is 8.67. The van der Waals surface area contributed by atoms with Crippen molar-refractivity contribution in [1.82, 2.24) is 5.32 Å². The Hall–Kier alpha value is -2.47. The monoisotopic (exact) mass is 461 g/mol. The first-order valence-electron chi connectivity index (χ1n) is 8.87. The molecule has 5 nitrogen and oxygen atoms in total. The van der Waals surface area contributed by atoms with Crippen LogP contribution in [0.2, 0.25) is 5.02 Å². The molecule has 154 valence electrons. The van der Waals surface area contributed by atoms with Crippen LogP contribution in [-0.4, -0.2) is 23.8 Å². The Labute approximate surface area is 187 Å². The standard InChI is InChI=1S/C21H17ClFN3O2S2/c1-29-14-5-2-12(3-6-14)15-9-19(27)26-21(16(15)10-24)30-11-20(28)25-13-4-7-18(23)17(22)8-13/h2-8,15H,9,11H2,1H3,(H,25,28)(H,26,27)/t15-/m0/s1. The molecule has 2 N–H and O–H groups in total. The maximum atomic E-state index is 13.2.